The highest BCUT2D eigenvalue weighted by molar-refractivity contribution is 5.96. The van der Waals surface area contributed by atoms with Crippen LogP contribution in [0.25, 0.3) is 5.95 Å². The van der Waals surface area contributed by atoms with Crippen LogP contribution in [0.15, 0.2) is 30.9 Å². The van der Waals surface area contributed by atoms with Crippen molar-refractivity contribution in [3.63, 3.8) is 0 Å². The molecule has 0 spiro atoms. The Bertz CT molecular complexity index is 700. The first-order valence-corrected chi connectivity index (χ1v) is 8.12. The van der Waals surface area contributed by atoms with Gasteiger partial charge in [-0.3, -0.25) is 4.79 Å². The summed E-state index contributed by atoms with van der Waals surface area (Å²) < 4.78 is 1.57. The second-order valence-electron chi connectivity index (χ2n) is 6.41. The third kappa shape index (κ3) is 2.50. The molecule has 2 N–H and O–H groups in total. The predicted molar refractivity (Wildman–Crippen MR) is 85.0 cm³/mol. The molecule has 0 unspecified atom stereocenters. The first-order valence-electron chi connectivity index (χ1n) is 8.12. The highest BCUT2D eigenvalue weighted by atomic mass is 16.2. The van der Waals surface area contributed by atoms with E-state index in [2.05, 4.69) is 25.7 Å². The minimum absolute atomic E-state index is 0.112. The summed E-state index contributed by atoms with van der Waals surface area (Å²) in [4.78, 5) is 21.2. The van der Waals surface area contributed by atoms with Gasteiger partial charge in [0.05, 0.1) is 23.5 Å². The summed E-state index contributed by atoms with van der Waals surface area (Å²) in [6, 6.07) is 1.76. The summed E-state index contributed by atoms with van der Waals surface area (Å²) in [6.45, 7) is 1.73. The molecule has 3 heterocycles. The van der Waals surface area contributed by atoms with E-state index in [0.29, 0.717) is 17.6 Å². The smallest absolute Gasteiger partial charge is 0.250 e. The molecule has 2 atom stereocenters. The van der Waals surface area contributed by atoms with Gasteiger partial charge in [-0.05, 0) is 31.4 Å². The molecule has 2 aromatic rings. The Labute approximate surface area is 134 Å². The number of fused-ring (bicyclic) bond motifs is 1. The molecule has 2 aromatic heterocycles. The van der Waals surface area contributed by atoms with E-state index in [4.69, 9.17) is 0 Å². The van der Waals surface area contributed by atoms with Gasteiger partial charge in [0.2, 0.25) is 11.9 Å². The lowest BCUT2D eigenvalue weighted by molar-refractivity contribution is -0.128. The standard InChI is InChI=1S/C16H20N6O/c23-14(16-5-2-1-4-12(16)8-17-11-16)21-13-9-20-22(10-13)15-18-6-3-7-19-15/h3,6-7,9-10,12,17H,1-2,4-5,8,11H2,(H,21,23)/t12-,16+/m0/s1. The van der Waals surface area contributed by atoms with Crippen LogP contribution in [-0.2, 0) is 4.79 Å². The van der Waals surface area contributed by atoms with Gasteiger partial charge in [0.15, 0.2) is 0 Å². The summed E-state index contributed by atoms with van der Waals surface area (Å²) in [5.74, 6) is 1.05. The van der Waals surface area contributed by atoms with Crippen LogP contribution in [-0.4, -0.2) is 38.7 Å². The molecule has 120 valence electrons. The molecule has 2 aliphatic rings. The molecule has 1 saturated carbocycles. The van der Waals surface area contributed by atoms with Crippen molar-refractivity contribution in [2.24, 2.45) is 11.3 Å². The summed E-state index contributed by atoms with van der Waals surface area (Å²) >= 11 is 0. The van der Waals surface area contributed by atoms with Crippen molar-refractivity contribution >= 4 is 11.6 Å². The third-order valence-electron chi connectivity index (χ3n) is 5.09. The van der Waals surface area contributed by atoms with Gasteiger partial charge in [-0.25, -0.2) is 14.6 Å². The minimum Gasteiger partial charge on any atom is -0.323 e. The van der Waals surface area contributed by atoms with Gasteiger partial charge in [-0.15, -0.1) is 0 Å². The van der Waals surface area contributed by atoms with E-state index in [0.717, 1.165) is 32.4 Å². The Hall–Kier alpha value is -2.28. The Morgan fingerprint density at radius 2 is 2.22 bits per heavy atom. The van der Waals surface area contributed by atoms with Gasteiger partial charge in [-0.2, -0.15) is 5.10 Å². The fourth-order valence-corrected chi connectivity index (χ4v) is 3.85. The Morgan fingerprint density at radius 3 is 3.09 bits per heavy atom. The van der Waals surface area contributed by atoms with Gasteiger partial charge in [0, 0.05) is 18.9 Å². The molecule has 1 aliphatic heterocycles. The van der Waals surface area contributed by atoms with Crippen LogP contribution in [0.2, 0.25) is 0 Å². The van der Waals surface area contributed by atoms with Gasteiger partial charge in [-0.1, -0.05) is 12.8 Å². The summed E-state index contributed by atoms with van der Waals surface area (Å²) in [6.07, 6.45) is 11.2. The molecule has 1 amide bonds. The van der Waals surface area contributed by atoms with Crippen molar-refractivity contribution in [1.82, 2.24) is 25.1 Å². The first kappa shape index (κ1) is 14.3. The largest absolute Gasteiger partial charge is 0.323 e. The number of aromatic nitrogens is 4. The van der Waals surface area contributed by atoms with Crippen LogP contribution < -0.4 is 10.6 Å². The quantitative estimate of drug-likeness (QED) is 0.894. The third-order valence-corrected chi connectivity index (χ3v) is 5.09. The highest BCUT2D eigenvalue weighted by Crippen LogP contribution is 2.44. The van der Waals surface area contributed by atoms with E-state index in [1.165, 1.54) is 6.42 Å². The topological polar surface area (TPSA) is 84.7 Å². The molecular weight excluding hydrogens is 292 g/mol. The molecule has 0 radical (unpaired) electrons. The number of hydrogen-bond acceptors (Lipinski definition) is 5. The molecule has 1 aliphatic carbocycles. The van der Waals surface area contributed by atoms with Crippen molar-refractivity contribution in [3.05, 3.63) is 30.9 Å². The minimum atomic E-state index is -0.260. The number of nitrogens with one attached hydrogen (secondary N) is 2. The number of carbonyl (C=O) groups is 1. The number of anilines is 1. The number of rotatable bonds is 3. The average molecular weight is 312 g/mol. The molecule has 0 bridgehead atoms. The van der Waals surface area contributed by atoms with Crippen LogP contribution >= 0.6 is 0 Å². The van der Waals surface area contributed by atoms with Crippen molar-refractivity contribution < 1.29 is 4.79 Å². The zero-order chi connectivity index (χ0) is 15.7. The molecule has 7 nitrogen and oxygen atoms in total. The number of nitrogens with zero attached hydrogens (tertiary/aromatic N) is 4. The van der Waals surface area contributed by atoms with Crippen molar-refractivity contribution in [1.29, 1.82) is 0 Å². The van der Waals surface area contributed by atoms with E-state index < -0.39 is 0 Å². The van der Waals surface area contributed by atoms with Crippen LogP contribution in [0, 0.1) is 11.3 Å². The van der Waals surface area contributed by atoms with Crippen LogP contribution in [0.5, 0.6) is 0 Å². The Balaban J connectivity index is 1.52. The lowest BCUT2D eigenvalue weighted by Gasteiger charge is -2.36. The molecular formula is C16H20N6O. The van der Waals surface area contributed by atoms with Gasteiger partial charge in [0.25, 0.3) is 0 Å². The second-order valence-corrected chi connectivity index (χ2v) is 6.41. The molecule has 4 rings (SSSR count). The van der Waals surface area contributed by atoms with Gasteiger partial charge in [0.1, 0.15) is 0 Å². The van der Waals surface area contributed by atoms with Crippen molar-refractivity contribution in [2.45, 2.75) is 25.7 Å². The van der Waals surface area contributed by atoms with Crippen molar-refractivity contribution in [2.75, 3.05) is 18.4 Å². The monoisotopic (exact) mass is 312 g/mol. The fourth-order valence-electron chi connectivity index (χ4n) is 3.85. The number of hydrogen-bond donors (Lipinski definition) is 2. The van der Waals surface area contributed by atoms with E-state index in [9.17, 15) is 4.79 Å². The maximum absolute atomic E-state index is 12.9. The lowest BCUT2D eigenvalue weighted by atomic mass is 9.67. The highest BCUT2D eigenvalue weighted by Gasteiger charge is 2.49. The lowest BCUT2D eigenvalue weighted by Crippen LogP contribution is -2.44. The van der Waals surface area contributed by atoms with E-state index in [1.54, 1.807) is 35.5 Å². The SMILES string of the molecule is O=C(Nc1cnn(-c2ncccn2)c1)[C@@]12CCCC[C@H]1CNC2. The number of amides is 1. The fraction of sp³-hybridized carbons (Fsp3) is 0.500. The summed E-state index contributed by atoms with van der Waals surface area (Å²) in [7, 11) is 0. The van der Waals surface area contributed by atoms with E-state index in [-0.39, 0.29) is 11.3 Å². The Morgan fingerprint density at radius 1 is 1.35 bits per heavy atom. The second kappa shape index (κ2) is 5.73. The van der Waals surface area contributed by atoms with Gasteiger partial charge >= 0.3 is 0 Å². The average Bonchev–Trinajstić information content (AvgIpc) is 3.23. The van der Waals surface area contributed by atoms with Crippen LogP contribution in [0.1, 0.15) is 25.7 Å². The normalized spacial score (nSPS) is 26.7. The maximum Gasteiger partial charge on any atom is 0.250 e. The van der Waals surface area contributed by atoms with E-state index >= 15 is 0 Å². The summed E-state index contributed by atoms with van der Waals surface area (Å²) in [5.41, 5.74) is 0.428. The zero-order valence-electron chi connectivity index (χ0n) is 12.9. The van der Waals surface area contributed by atoms with Crippen molar-refractivity contribution in [3.8, 4) is 5.95 Å². The zero-order valence-corrected chi connectivity index (χ0v) is 12.9. The van der Waals surface area contributed by atoms with Gasteiger partial charge < -0.3 is 10.6 Å². The molecule has 7 heteroatoms. The molecule has 2 fully saturated rings. The van der Waals surface area contributed by atoms with E-state index in [1.807, 2.05) is 0 Å². The predicted octanol–water partition coefficient (Wildman–Crippen LogP) is 1.38. The van der Waals surface area contributed by atoms with Crippen LogP contribution in [0.3, 0.4) is 0 Å². The number of carbonyl (C=O) groups excluding carboxylic acids is 1. The maximum atomic E-state index is 12.9. The molecule has 0 aromatic carbocycles. The molecule has 1 saturated heterocycles. The molecule has 23 heavy (non-hydrogen) atoms. The van der Waals surface area contributed by atoms with Crippen LogP contribution in [0.4, 0.5) is 5.69 Å². The first-order chi connectivity index (χ1) is 11.3. The Kier molecular flexibility index (Phi) is 3.57. The summed E-state index contributed by atoms with van der Waals surface area (Å²) in [5, 5.41) is 10.7.